The van der Waals surface area contributed by atoms with Crippen LogP contribution < -0.4 is 15.8 Å². The molecule has 0 radical (unpaired) electrons. The summed E-state index contributed by atoms with van der Waals surface area (Å²) >= 11 is 0. The highest BCUT2D eigenvalue weighted by Crippen LogP contribution is 2.21. The van der Waals surface area contributed by atoms with Crippen LogP contribution in [0.4, 0.5) is 0 Å². The molecule has 0 spiro atoms. The van der Waals surface area contributed by atoms with E-state index in [2.05, 4.69) is 5.32 Å². The number of piperidine rings is 1. The SMILES string of the molecule is Cl.NCCC(=O)NCC1CCCCN1C(=O)c1ccc(OCC2CCCO2)cc1. The number of hydrogen-bond acceptors (Lipinski definition) is 5. The minimum Gasteiger partial charge on any atom is -0.491 e. The molecule has 2 amide bonds. The molecular weight excluding hydrogens is 394 g/mol. The standard InChI is InChI=1S/C21H31N3O4.ClH/c22-11-10-20(25)23-14-17-4-1-2-12-24(17)21(26)16-6-8-18(9-7-16)28-15-19-5-3-13-27-19;/h6-9,17,19H,1-5,10-15,22H2,(H,23,25);1H. The summed E-state index contributed by atoms with van der Waals surface area (Å²) in [6.45, 7) is 2.89. The van der Waals surface area contributed by atoms with Crippen molar-refractivity contribution in [3.63, 3.8) is 0 Å². The minimum atomic E-state index is -0.0618. The average molecular weight is 426 g/mol. The number of ether oxygens (including phenoxy) is 2. The molecule has 3 rings (SSSR count). The second-order valence-corrected chi connectivity index (χ2v) is 7.46. The van der Waals surface area contributed by atoms with Crippen LogP contribution in [0.1, 0.15) is 48.9 Å². The molecule has 2 saturated heterocycles. The lowest BCUT2D eigenvalue weighted by molar-refractivity contribution is -0.121. The van der Waals surface area contributed by atoms with Crippen molar-refractivity contribution in [3.8, 4) is 5.75 Å². The van der Waals surface area contributed by atoms with Crippen molar-refractivity contribution in [2.24, 2.45) is 5.73 Å². The fourth-order valence-corrected chi connectivity index (χ4v) is 3.76. The minimum absolute atomic E-state index is 0. The molecule has 2 unspecified atom stereocenters. The predicted octanol–water partition coefficient (Wildman–Crippen LogP) is 2.13. The number of nitrogens with one attached hydrogen (secondary N) is 1. The van der Waals surface area contributed by atoms with Crippen molar-refractivity contribution < 1.29 is 19.1 Å². The molecule has 0 aliphatic carbocycles. The van der Waals surface area contributed by atoms with E-state index >= 15 is 0 Å². The number of nitrogens with zero attached hydrogens (tertiary/aromatic N) is 1. The number of amides is 2. The van der Waals surface area contributed by atoms with E-state index in [9.17, 15) is 9.59 Å². The number of rotatable bonds is 8. The first-order valence-corrected chi connectivity index (χ1v) is 10.3. The summed E-state index contributed by atoms with van der Waals surface area (Å²) in [4.78, 5) is 26.6. The third kappa shape index (κ3) is 6.87. The van der Waals surface area contributed by atoms with Crippen LogP contribution in [-0.2, 0) is 9.53 Å². The Labute approximate surface area is 178 Å². The Kier molecular flexibility index (Phi) is 9.70. The van der Waals surface area contributed by atoms with Crippen LogP contribution in [0, 0.1) is 0 Å². The summed E-state index contributed by atoms with van der Waals surface area (Å²) in [6.07, 6.45) is 5.56. The van der Waals surface area contributed by atoms with Crippen LogP contribution in [0.25, 0.3) is 0 Å². The molecule has 2 aliphatic heterocycles. The van der Waals surface area contributed by atoms with Crippen molar-refractivity contribution in [3.05, 3.63) is 29.8 Å². The monoisotopic (exact) mass is 425 g/mol. The summed E-state index contributed by atoms with van der Waals surface area (Å²) in [5, 5.41) is 2.90. The molecular formula is C21H32ClN3O4. The lowest BCUT2D eigenvalue weighted by atomic mass is 10.0. The van der Waals surface area contributed by atoms with Crippen molar-refractivity contribution in [2.45, 2.75) is 50.7 Å². The first-order chi connectivity index (χ1) is 13.7. The normalized spacial score (nSPS) is 21.3. The summed E-state index contributed by atoms with van der Waals surface area (Å²) in [5.41, 5.74) is 6.06. The molecule has 2 aliphatic rings. The molecule has 2 fully saturated rings. The Hall–Kier alpha value is -1.83. The van der Waals surface area contributed by atoms with Gasteiger partial charge in [0.1, 0.15) is 12.4 Å². The lowest BCUT2D eigenvalue weighted by Crippen LogP contribution is -2.49. The van der Waals surface area contributed by atoms with Gasteiger partial charge in [0.15, 0.2) is 0 Å². The van der Waals surface area contributed by atoms with Gasteiger partial charge in [0, 0.05) is 44.3 Å². The number of carbonyl (C=O) groups is 2. The second kappa shape index (κ2) is 12.0. The summed E-state index contributed by atoms with van der Waals surface area (Å²) in [6, 6.07) is 7.32. The Balaban J connectivity index is 0.00000300. The van der Waals surface area contributed by atoms with Gasteiger partial charge in [-0.05, 0) is 56.4 Å². The van der Waals surface area contributed by atoms with E-state index in [0.717, 1.165) is 44.5 Å². The van der Waals surface area contributed by atoms with E-state index in [1.54, 1.807) is 0 Å². The zero-order chi connectivity index (χ0) is 19.8. The first-order valence-electron chi connectivity index (χ1n) is 10.3. The Morgan fingerprint density at radius 3 is 2.66 bits per heavy atom. The third-order valence-corrected chi connectivity index (χ3v) is 5.36. The molecule has 162 valence electrons. The van der Waals surface area contributed by atoms with E-state index in [1.165, 1.54) is 0 Å². The van der Waals surface area contributed by atoms with Crippen molar-refractivity contribution >= 4 is 24.2 Å². The van der Waals surface area contributed by atoms with Crippen molar-refractivity contribution in [1.29, 1.82) is 0 Å². The highest BCUT2D eigenvalue weighted by atomic mass is 35.5. The fraction of sp³-hybridized carbons (Fsp3) is 0.619. The van der Waals surface area contributed by atoms with Gasteiger partial charge in [-0.25, -0.2) is 0 Å². The van der Waals surface area contributed by atoms with Gasteiger partial charge >= 0.3 is 0 Å². The van der Waals surface area contributed by atoms with Crippen LogP contribution in [0.2, 0.25) is 0 Å². The summed E-state index contributed by atoms with van der Waals surface area (Å²) in [7, 11) is 0. The van der Waals surface area contributed by atoms with Crippen LogP contribution in [0.3, 0.4) is 0 Å². The molecule has 0 bridgehead atoms. The molecule has 8 heteroatoms. The van der Waals surface area contributed by atoms with Gasteiger partial charge in [-0.2, -0.15) is 0 Å². The van der Waals surface area contributed by atoms with Gasteiger partial charge in [0.25, 0.3) is 5.91 Å². The third-order valence-electron chi connectivity index (χ3n) is 5.36. The fourth-order valence-electron chi connectivity index (χ4n) is 3.76. The Morgan fingerprint density at radius 1 is 1.17 bits per heavy atom. The molecule has 1 aromatic rings. The van der Waals surface area contributed by atoms with Gasteiger partial charge in [0.2, 0.25) is 5.91 Å². The zero-order valence-corrected chi connectivity index (χ0v) is 17.6. The molecule has 0 saturated carbocycles. The van der Waals surface area contributed by atoms with Crippen LogP contribution >= 0.6 is 12.4 Å². The van der Waals surface area contributed by atoms with Gasteiger partial charge < -0.3 is 25.4 Å². The van der Waals surface area contributed by atoms with Gasteiger partial charge in [-0.15, -0.1) is 12.4 Å². The molecule has 2 heterocycles. The molecule has 2 atom stereocenters. The topological polar surface area (TPSA) is 93.9 Å². The van der Waals surface area contributed by atoms with E-state index in [4.69, 9.17) is 15.2 Å². The van der Waals surface area contributed by atoms with Crippen molar-refractivity contribution in [1.82, 2.24) is 10.2 Å². The maximum absolute atomic E-state index is 13.0. The molecule has 3 N–H and O–H groups in total. The maximum Gasteiger partial charge on any atom is 0.254 e. The van der Waals surface area contributed by atoms with Gasteiger partial charge in [-0.3, -0.25) is 9.59 Å². The van der Waals surface area contributed by atoms with Crippen LogP contribution in [0.5, 0.6) is 5.75 Å². The zero-order valence-electron chi connectivity index (χ0n) is 16.8. The average Bonchev–Trinajstić information content (AvgIpc) is 3.25. The number of likely N-dealkylation sites (tertiary alicyclic amines) is 1. The predicted molar refractivity (Wildman–Crippen MR) is 114 cm³/mol. The second-order valence-electron chi connectivity index (χ2n) is 7.46. The number of benzene rings is 1. The van der Waals surface area contributed by atoms with E-state index in [1.807, 2.05) is 29.2 Å². The van der Waals surface area contributed by atoms with Gasteiger partial charge in [-0.1, -0.05) is 0 Å². The summed E-state index contributed by atoms with van der Waals surface area (Å²) < 4.78 is 11.3. The highest BCUT2D eigenvalue weighted by Gasteiger charge is 2.27. The molecule has 1 aromatic carbocycles. The largest absolute Gasteiger partial charge is 0.491 e. The molecule has 29 heavy (non-hydrogen) atoms. The summed E-state index contributed by atoms with van der Waals surface area (Å²) in [5.74, 6) is 0.688. The number of carbonyl (C=O) groups excluding carboxylic acids is 2. The number of halogens is 1. The highest BCUT2D eigenvalue weighted by molar-refractivity contribution is 5.94. The Morgan fingerprint density at radius 2 is 1.97 bits per heavy atom. The number of nitrogens with two attached hydrogens (primary N) is 1. The molecule has 7 nitrogen and oxygen atoms in total. The Bertz CT molecular complexity index is 650. The molecule has 0 aromatic heterocycles. The van der Waals surface area contributed by atoms with Crippen LogP contribution in [0.15, 0.2) is 24.3 Å². The van der Waals surface area contributed by atoms with E-state index < -0.39 is 0 Å². The first kappa shape index (κ1) is 23.4. The smallest absolute Gasteiger partial charge is 0.254 e. The van der Waals surface area contributed by atoms with Gasteiger partial charge in [0.05, 0.1) is 6.10 Å². The quantitative estimate of drug-likeness (QED) is 0.665. The van der Waals surface area contributed by atoms with E-state index in [-0.39, 0.29) is 36.4 Å². The lowest BCUT2D eigenvalue weighted by Gasteiger charge is -2.36. The van der Waals surface area contributed by atoms with Crippen molar-refractivity contribution in [2.75, 3.05) is 32.8 Å². The van der Waals surface area contributed by atoms with E-state index in [0.29, 0.717) is 38.2 Å². The van der Waals surface area contributed by atoms with Crippen LogP contribution in [-0.4, -0.2) is 61.7 Å². The maximum atomic E-state index is 13.0. The number of hydrogen-bond donors (Lipinski definition) is 2.